The van der Waals surface area contributed by atoms with Gasteiger partial charge in [0.1, 0.15) is 5.82 Å². The van der Waals surface area contributed by atoms with Crippen molar-refractivity contribution in [1.29, 1.82) is 0 Å². The van der Waals surface area contributed by atoms with Crippen LogP contribution in [0.4, 0.5) is 11.8 Å². The van der Waals surface area contributed by atoms with Crippen LogP contribution in [0.5, 0.6) is 0 Å². The van der Waals surface area contributed by atoms with Crippen molar-refractivity contribution in [2.24, 2.45) is 0 Å². The predicted octanol–water partition coefficient (Wildman–Crippen LogP) is 0.464. The Morgan fingerprint density at radius 1 is 1.10 bits per heavy atom. The summed E-state index contributed by atoms with van der Waals surface area (Å²) in [5, 5.41) is 3.09. The Labute approximate surface area is 123 Å². The molecule has 0 unspecified atom stereocenters. The summed E-state index contributed by atoms with van der Waals surface area (Å²) in [6, 6.07) is 1.89. The first-order valence-corrected chi connectivity index (χ1v) is 8.92. The molecule has 0 amide bonds. The van der Waals surface area contributed by atoms with Crippen LogP contribution in [-0.4, -0.2) is 71.8 Å². The van der Waals surface area contributed by atoms with Crippen LogP contribution in [-0.2, 0) is 9.30 Å². The van der Waals surface area contributed by atoms with Crippen LogP contribution in [0.25, 0.3) is 0 Å². The fourth-order valence-electron chi connectivity index (χ4n) is 2.45. The van der Waals surface area contributed by atoms with Crippen molar-refractivity contribution in [1.82, 2.24) is 19.3 Å². The van der Waals surface area contributed by atoms with Crippen molar-refractivity contribution >= 4 is 19.4 Å². The highest BCUT2D eigenvalue weighted by atomic mass is 31.2. The van der Waals surface area contributed by atoms with Gasteiger partial charge in [-0.2, -0.15) is 4.98 Å². The second-order valence-electron chi connectivity index (χ2n) is 5.40. The molecule has 3 saturated heterocycles. The first-order valence-electron chi connectivity index (χ1n) is 7.31. The molecular weight excluding hydrogens is 291 g/mol. The quantitative estimate of drug-likeness (QED) is 0.621. The van der Waals surface area contributed by atoms with Crippen molar-refractivity contribution in [3.63, 3.8) is 0 Å². The molecule has 4 rings (SSSR count). The summed E-state index contributed by atoms with van der Waals surface area (Å²) in [7, 11) is -2.67. The zero-order valence-electron chi connectivity index (χ0n) is 11.8. The summed E-state index contributed by atoms with van der Waals surface area (Å²) in [5.41, 5.74) is 0. The number of ether oxygens (including phenoxy) is 1. The summed E-state index contributed by atoms with van der Waals surface area (Å²) in [5.74, 6) is 1.31. The maximum absolute atomic E-state index is 13.0. The van der Waals surface area contributed by atoms with Gasteiger partial charge in [0.05, 0.1) is 13.2 Å². The molecule has 3 aliphatic rings. The molecule has 0 spiro atoms. The van der Waals surface area contributed by atoms with Gasteiger partial charge in [-0.3, -0.25) is 9.65 Å². The monoisotopic (exact) mass is 310 g/mol. The lowest BCUT2D eigenvalue weighted by Gasteiger charge is -2.28. The van der Waals surface area contributed by atoms with Crippen LogP contribution < -0.4 is 9.99 Å². The highest BCUT2D eigenvalue weighted by Crippen LogP contribution is 2.59. The van der Waals surface area contributed by atoms with Gasteiger partial charge in [-0.15, -0.1) is 0 Å². The molecule has 114 valence electrons. The summed E-state index contributed by atoms with van der Waals surface area (Å²) >= 11 is 0. The maximum atomic E-state index is 13.0. The zero-order valence-corrected chi connectivity index (χ0v) is 12.7. The van der Waals surface area contributed by atoms with Crippen LogP contribution >= 0.6 is 7.59 Å². The number of nitrogens with zero attached hydrogens (tertiary/aromatic N) is 5. The molecule has 3 aliphatic heterocycles. The largest absolute Gasteiger partial charge is 0.378 e. The van der Waals surface area contributed by atoms with Gasteiger partial charge in [-0.25, -0.2) is 14.3 Å². The van der Waals surface area contributed by atoms with Crippen molar-refractivity contribution in [2.45, 2.75) is 0 Å². The molecule has 0 aromatic carbocycles. The molecular formula is C12H19N6O2P. The topological polar surface area (TPSA) is 73.4 Å². The number of hydrogen-bond donors (Lipinski definition) is 1. The molecule has 0 radical (unpaired) electrons. The Bertz CT molecular complexity index is 555. The third kappa shape index (κ3) is 2.76. The van der Waals surface area contributed by atoms with Crippen molar-refractivity contribution in [2.75, 3.05) is 62.5 Å². The van der Waals surface area contributed by atoms with Crippen LogP contribution in [0.15, 0.2) is 12.3 Å². The van der Waals surface area contributed by atoms with E-state index in [0.29, 0.717) is 19.2 Å². The smallest absolute Gasteiger partial charge is 0.311 e. The van der Waals surface area contributed by atoms with Crippen molar-refractivity contribution in [3.8, 4) is 0 Å². The van der Waals surface area contributed by atoms with Crippen LogP contribution in [0.2, 0.25) is 0 Å². The molecule has 21 heavy (non-hydrogen) atoms. The summed E-state index contributed by atoms with van der Waals surface area (Å²) in [4.78, 5) is 10.9. The molecule has 1 aromatic heterocycles. The lowest BCUT2D eigenvalue weighted by atomic mass is 10.4. The van der Waals surface area contributed by atoms with E-state index in [-0.39, 0.29) is 0 Å². The molecule has 0 saturated carbocycles. The standard InChI is InChI=1S/C12H19N6O2P/c19-21(17-3-4-17,18-5-6-18)15-12-13-2-1-11(14-12)16-7-9-20-10-8-16/h1-2H,3-10H2,(H,13,14,15,19). The van der Waals surface area contributed by atoms with Gasteiger partial charge >= 0.3 is 7.59 Å². The fraction of sp³-hybridized carbons (Fsp3) is 0.667. The molecule has 4 heterocycles. The van der Waals surface area contributed by atoms with E-state index in [4.69, 9.17) is 4.74 Å². The number of rotatable bonds is 5. The van der Waals surface area contributed by atoms with E-state index in [0.717, 1.165) is 45.1 Å². The second kappa shape index (κ2) is 5.21. The van der Waals surface area contributed by atoms with Crippen molar-refractivity contribution in [3.05, 3.63) is 12.3 Å². The minimum Gasteiger partial charge on any atom is -0.378 e. The Morgan fingerprint density at radius 3 is 2.38 bits per heavy atom. The summed E-state index contributed by atoms with van der Waals surface area (Å²) < 4.78 is 22.3. The van der Waals surface area contributed by atoms with E-state index in [1.807, 2.05) is 15.4 Å². The SMILES string of the molecule is O=P(Nc1nccc(N2CCOCC2)n1)(N1CC1)N1CC1. The Balaban J connectivity index is 1.53. The zero-order chi connectivity index (χ0) is 14.3. The number of hydrogen-bond acceptors (Lipinski definition) is 5. The molecule has 3 fully saturated rings. The van der Waals surface area contributed by atoms with E-state index in [1.165, 1.54) is 0 Å². The predicted molar refractivity (Wildman–Crippen MR) is 79.4 cm³/mol. The van der Waals surface area contributed by atoms with E-state index < -0.39 is 7.59 Å². The highest BCUT2D eigenvalue weighted by Gasteiger charge is 2.48. The molecule has 1 aromatic rings. The third-order valence-electron chi connectivity index (χ3n) is 3.84. The van der Waals surface area contributed by atoms with E-state index >= 15 is 0 Å². The van der Waals surface area contributed by atoms with Crippen LogP contribution in [0.1, 0.15) is 0 Å². The van der Waals surface area contributed by atoms with Gasteiger partial charge in [0.2, 0.25) is 5.95 Å². The van der Waals surface area contributed by atoms with Gasteiger partial charge in [0.15, 0.2) is 0 Å². The molecule has 9 heteroatoms. The van der Waals surface area contributed by atoms with Gasteiger partial charge in [-0.1, -0.05) is 0 Å². The third-order valence-corrected chi connectivity index (χ3v) is 6.66. The highest BCUT2D eigenvalue weighted by molar-refractivity contribution is 7.61. The second-order valence-corrected chi connectivity index (χ2v) is 7.84. The van der Waals surface area contributed by atoms with Crippen molar-refractivity contribution < 1.29 is 9.30 Å². The average Bonchev–Trinajstić information content (AvgIpc) is 3.41. The van der Waals surface area contributed by atoms with Gasteiger partial charge in [0.25, 0.3) is 0 Å². The molecule has 0 aliphatic carbocycles. The molecule has 0 bridgehead atoms. The average molecular weight is 310 g/mol. The summed E-state index contributed by atoms with van der Waals surface area (Å²) in [6.07, 6.45) is 1.72. The normalized spacial score (nSPS) is 23.1. The van der Waals surface area contributed by atoms with Gasteiger partial charge < -0.3 is 9.64 Å². The van der Waals surface area contributed by atoms with E-state index in [2.05, 4.69) is 20.0 Å². The lowest BCUT2D eigenvalue weighted by Crippen LogP contribution is -2.36. The van der Waals surface area contributed by atoms with Gasteiger partial charge in [0, 0.05) is 45.5 Å². The Hall–Kier alpha value is -1.21. The number of morpholine rings is 1. The minimum absolute atomic E-state index is 0.445. The van der Waals surface area contributed by atoms with Crippen LogP contribution in [0.3, 0.4) is 0 Å². The number of anilines is 2. The number of nitrogens with one attached hydrogen (secondary N) is 1. The Kier molecular flexibility index (Phi) is 3.34. The lowest BCUT2D eigenvalue weighted by molar-refractivity contribution is 0.122. The molecule has 0 atom stereocenters. The maximum Gasteiger partial charge on any atom is 0.311 e. The number of aromatic nitrogens is 2. The first-order chi connectivity index (χ1) is 10.3. The van der Waals surface area contributed by atoms with Crippen LogP contribution in [0, 0.1) is 0 Å². The molecule has 8 nitrogen and oxygen atoms in total. The molecule has 1 N–H and O–H groups in total. The fourth-order valence-corrected chi connectivity index (χ4v) is 4.73. The minimum atomic E-state index is -2.67. The van der Waals surface area contributed by atoms with Gasteiger partial charge in [-0.05, 0) is 6.07 Å². The van der Waals surface area contributed by atoms with E-state index in [1.54, 1.807) is 6.20 Å². The summed E-state index contributed by atoms with van der Waals surface area (Å²) in [6.45, 7) is 6.60. The first kappa shape index (κ1) is 13.5. The van der Waals surface area contributed by atoms with E-state index in [9.17, 15) is 4.57 Å². The Morgan fingerprint density at radius 2 is 1.76 bits per heavy atom.